The number of nitrogens with zero attached hydrogens (tertiary/aromatic N) is 4. The molecule has 0 N–H and O–H groups in total. The van der Waals surface area contributed by atoms with E-state index in [-0.39, 0.29) is 11.8 Å². The van der Waals surface area contributed by atoms with Crippen LogP contribution >= 0.6 is 0 Å². The van der Waals surface area contributed by atoms with Crippen molar-refractivity contribution >= 4 is 11.8 Å². The summed E-state index contributed by atoms with van der Waals surface area (Å²) in [4.78, 5) is 31.7. The monoisotopic (exact) mass is 324 g/mol. The van der Waals surface area contributed by atoms with E-state index < -0.39 is 0 Å². The van der Waals surface area contributed by atoms with Crippen molar-refractivity contribution in [1.82, 2.24) is 19.6 Å². The number of hydrogen-bond donors (Lipinski definition) is 0. The Bertz CT molecular complexity index is 419. The van der Waals surface area contributed by atoms with E-state index in [1.54, 1.807) is 11.8 Å². The smallest absolute Gasteiger partial charge is 0.236 e. The number of piperazine rings is 1. The van der Waals surface area contributed by atoms with Gasteiger partial charge in [-0.25, -0.2) is 0 Å². The topological polar surface area (TPSA) is 47.1 Å². The summed E-state index contributed by atoms with van der Waals surface area (Å²) in [5, 5.41) is 0. The molecule has 23 heavy (non-hydrogen) atoms. The normalized spacial score (nSPS) is 24.7. The highest BCUT2D eigenvalue weighted by atomic mass is 16.2. The molecular formula is C17H32N4O2. The van der Waals surface area contributed by atoms with Gasteiger partial charge in [0.1, 0.15) is 0 Å². The van der Waals surface area contributed by atoms with Gasteiger partial charge in [-0.15, -0.1) is 0 Å². The van der Waals surface area contributed by atoms with Crippen molar-refractivity contribution < 1.29 is 9.59 Å². The molecule has 132 valence electrons. The fourth-order valence-corrected chi connectivity index (χ4v) is 3.58. The molecule has 2 saturated heterocycles. The zero-order valence-electron chi connectivity index (χ0n) is 15.1. The van der Waals surface area contributed by atoms with Crippen LogP contribution in [0.25, 0.3) is 0 Å². The lowest BCUT2D eigenvalue weighted by atomic mass is 9.95. The minimum atomic E-state index is 0.183. The van der Waals surface area contributed by atoms with E-state index in [0.29, 0.717) is 18.5 Å². The van der Waals surface area contributed by atoms with E-state index in [9.17, 15) is 9.59 Å². The number of piperidine rings is 1. The maximum Gasteiger partial charge on any atom is 0.236 e. The highest BCUT2D eigenvalue weighted by Gasteiger charge is 2.28. The van der Waals surface area contributed by atoms with Crippen molar-refractivity contribution in [2.45, 2.75) is 32.7 Å². The molecular weight excluding hydrogens is 292 g/mol. The zero-order valence-corrected chi connectivity index (χ0v) is 15.1. The molecule has 0 radical (unpaired) electrons. The van der Waals surface area contributed by atoms with E-state index in [0.717, 1.165) is 52.1 Å². The third kappa shape index (κ3) is 5.18. The first kappa shape index (κ1) is 18.2. The van der Waals surface area contributed by atoms with Gasteiger partial charge in [-0.2, -0.15) is 0 Å². The Kier molecular flexibility index (Phi) is 6.41. The Morgan fingerprint density at radius 3 is 2.26 bits per heavy atom. The van der Waals surface area contributed by atoms with Crippen molar-refractivity contribution in [3.8, 4) is 0 Å². The van der Waals surface area contributed by atoms with Crippen LogP contribution in [0.15, 0.2) is 0 Å². The first-order chi connectivity index (χ1) is 10.9. The Balaban J connectivity index is 1.74. The van der Waals surface area contributed by atoms with Crippen molar-refractivity contribution in [3.05, 3.63) is 0 Å². The average Bonchev–Trinajstić information content (AvgIpc) is 2.50. The van der Waals surface area contributed by atoms with Gasteiger partial charge in [-0.3, -0.25) is 19.4 Å². The quantitative estimate of drug-likeness (QED) is 0.748. The van der Waals surface area contributed by atoms with Gasteiger partial charge in [0, 0.05) is 66.3 Å². The van der Waals surface area contributed by atoms with E-state index in [1.807, 2.05) is 19.0 Å². The maximum absolute atomic E-state index is 11.8. The number of carbonyl (C=O) groups excluding carboxylic acids is 2. The second-order valence-electron chi connectivity index (χ2n) is 7.32. The molecule has 2 heterocycles. The average molecular weight is 324 g/mol. The van der Waals surface area contributed by atoms with Crippen LogP contribution in [0.5, 0.6) is 0 Å². The van der Waals surface area contributed by atoms with Crippen LogP contribution in [0, 0.1) is 5.92 Å². The van der Waals surface area contributed by atoms with Gasteiger partial charge in [0.05, 0.1) is 6.54 Å². The van der Waals surface area contributed by atoms with Crippen molar-refractivity contribution in [3.63, 3.8) is 0 Å². The van der Waals surface area contributed by atoms with Gasteiger partial charge in [0.25, 0.3) is 0 Å². The van der Waals surface area contributed by atoms with E-state index in [1.165, 1.54) is 0 Å². The zero-order chi connectivity index (χ0) is 17.0. The molecule has 0 bridgehead atoms. The molecule has 0 aromatic rings. The Morgan fingerprint density at radius 1 is 1.09 bits per heavy atom. The summed E-state index contributed by atoms with van der Waals surface area (Å²) in [6.07, 6.45) is 2.23. The lowest BCUT2D eigenvalue weighted by Gasteiger charge is -2.42. The molecule has 0 saturated carbocycles. The summed E-state index contributed by atoms with van der Waals surface area (Å²) in [7, 11) is 3.63. The Hall–Kier alpha value is -1.14. The minimum Gasteiger partial charge on any atom is -0.348 e. The fraction of sp³-hybridized carbons (Fsp3) is 0.882. The molecule has 0 unspecified atom stereocenters. The Labute approximate surface area is 140 Å². The number of likely N-dealkylation sites (N-methyl/N-ethyl adjacent to an activating group) is 1. The second-order valence-corrected chi connectivity index (χ2v) is 7.32. The van der Waals surface area contributed by atoms with Crippen LogP contribution in [-0.2, 0) is 9.59 Å². The van der Waals surface area contributed by atoms with Crippen LogP contribution in [0.4, 0.5) is 0 Å². The molecule has 6 nitrogen and oxygen atoms in total. The molecule has 0 aromatic heterocycles. The lowest BCUT2D eigenvalue weighted by Crippen LogP contribution is -2.55. The van der Waals surface area contributed by atoms with E-state index >= 15 is 0 Å². The van der Waals surface area contributed by atoms with E-state index in [2.05, 4.69) is 16.7 Å². The van der Waals surface area contributed by atoms with Crippen molar-refractivity contribution in [1.29, 1.82) is 0 Å². The summed E-state index contributed by atoms with van der Waals surface area (Å²) in [5.74, 6) is 1.08. The summed E-state index contributed by atoms with van der Waals surface area (Å²) >= 11 is 0. The van der Waals surface area contributed by atoms with Crippen LogP contribution in [0.1, 0.15) is 26.7 Å². The summed E-state index contributed by atoms with van der Waals surface area (Å²) in [6.45, 7) is 10.4. The highest BCUT2D eigenvalue weighted by molar-refractivity contribution is 5.77. The highest BCUT2D eigenvalue weighted by Crippen LogP contribution is 2.21. The molecule has 2 fully saturated rings. The third-order valence-electron chi connectivity index (χ3n) is 5.26. The van der Waals surface area contributed by atoms with Gasteiger partial charge in [0.2, 0.25) is 11.8 Å². The van der Waals surface area contributed by atoms with Gasteiger partial charge in [-0.1, -0.05) is 0 Å². The first-order valence-electron chi connectivity index (χ1n) is 8.79. The van der Waals surface area contributed by atoms with Gasteiger partial charge in [0.15, 0.2) is 0 Å². The van der Waals surface area contributed by atoms with Gasteiger partial charge >= 0.3 is 0 Å². The molecule has 2 aliphatic rings. The number of carbonyl (C=O) groups is 2. The lowest BCUT2D eigenvalue weighted by molar-refractivity contribution is -0.131. The summed E-state index contributed by atoms with van der Waals surface area (Å²) in [5.41, 5.74) is 0. The largest absolute Gasteiger partial charge is 0.348 e. The van der Waals surface area contributed by atoms with Gasteiger partial charge < -0.3 is 9.80 Å². The SMILES string of the molecule is CC(=O)N1CCC(CN2CCN(CC(=O)N(C)C)C[C@H]2C)CC1. The molecule has 2 rings (SSSR count). The maximum atomic E-state index is 11.8. The molecule has 0 spiro atoms. The van der Waals surface area contributed by atoms with Crippen molar-refractivity contribution in [2.75, 3.05) is 59.9 Å². The fourth-order valence-electron chi connectivity index (χ4n) is 3.58. The molecule has 6 heteroatoms. The van der Waals surface area contributed by atoms with E-state index in [4.69, 9.17) is 0 Å². The number of hydrogen-bond acceptors (Lipinski definition) is 4. The number of amides is 2. The number of likely N-dealkylation sites (tertiary alicyclic amines) is 1. The minimum absolute atomic E-state index is 0.183. The van der Waals surface area contributed by atoms with Crippen molar-refractivity contribution in [2.24, 2.45) is 5.92 Å². The molecule has 2 aliphatic heterocycles. The second kappa shape index (κ2) is 8.11. The third-order valence-corrected chi connectivity index (χ3v) is 5.26. The van der Waals surface area contributed by atoms with Crippen LogP contribution in [-0.4, -0.2) is 97.4 Å². The standard InChI is InChI=1S/C17H32N4O2/c1-14-11-19(13-17(23)18(3)4)9-10-21(14)12-16-5-7-20(8-6-16)15(2)22/h14,16H,5-13H2,1-4H3/t14-/m1/s1. The predicted octanol–water partition coefficient (Wildman–Crippen LogP) is 0.339. The number of rotatable bonds is 4. The molecule has 2 amide bonds. The van der Waals surface area contributed by atoms with Gasteiger partial charge in [-0.05, 0) is 25.7 Å². The molecule has 1 atom stereocenters. The summed E-state index contributed by atoms with van der Waals surface area (Å²) < 4.78 is 0. The van der Waals surface area contributed by atoms with Crippen LogP contribution < -0.4 is 0 Å². The summed E-state index contributed by atoms with van der Waals surface area (Å²) in [6, 6.07) is 0.490. The Morgan fingerprint density at radius 2 is 1.74 bits per heavy atom. The van der Waals surface area contributed by atoms with Crippen LogP contribution in [0.3, 0.4) is 0 Å². The molecule has 0 aromatic carbocycles. The van der Waals surface area contributed by atoms with Crippen LogP contribution in [0.2, 0.25) is 0 Å². The molecule has 0 aliphatic carbocycles. The first-order valence-corrected chi connectivity index (χ1v) is 8.79. The predicted molar refractivity (Wildman–Crippen MR) is 91.1 cm³/mol.